The third kappa shape index (κ3) is 5.89. The zero-order valence-electron chi connectivity index (χ0n) is 21.4. The van der Waals surface area contributed by atoms with Crippen LogP contribution in [0.2, 0.25) is 0 Å². The van der Waals surface area contributed by atoms with Crippen molar-refractivity contribution in [1.29, 1.82) is 0 Å². The van der Waals surface area contributed by atoms with Crippen molar-refractivity contribution in [2.24, 2.45) is 0 Å². The number of aryl methyl sites for hydroxylation is 1. The van der Waals surface area contributed by atoms with E-state index in [4.69, 9.17) is 13.9 Å². The quantitative estimate of drug-likeness (QED) is 0.192. The maximum Gasteiger partial charge on any atom is 0.389 e. The minimum Gasteiger partial charge on any atom is -0.496 e. The lowest BCUT2D eigenvalue weighted by molar-refractivity contribution is -0.133. The lowest BCUT2D eigenvalue weighted by Crippen LogP contribution is -2.18. The number of ether oxygens (including phenoxy) is 2. The summed E-state index contributed by atoms with van der Waals surface area (Å²) >= 11 is 0. The monoisotopic (exact) mass is 543 g/mol. The van der Waals surface area contributed by atoms with Crippen LogP contribution in [0, 0.1) is 5.82 Å². The largest absolute Gasteiger partial charge is 0.496 e. The summed E-state index contributed by atoms with van der Waals surface area (Å²) in [5.74, 6) is -1.25. The average Bonchev–Trinajstić information content (AvgIpc) is 3.29. The molecule has 3 aromatic carbocycles. The third-order valence-electron chi connectivity index (χ3n) is 6.16. The maximum absolute atomic E-state index is 13.6. The normalized spacial score (nSPS) is 11.5. The molecular formula is C29H25F4NO5. The summed E-state index contributed by atoms with van der Waals surface area (Å²) < 4.78 is 69.6. The molecule has 0 radical (unpaired) electrons. The molecule has 4 aromatic rings. The third-order valence-corrected chi connectivity index (χ3v) is 6.16. The highest BCUT2D eigenvalue weighted by Crippen LogP contribution is 2.40. The van der Waals surface area contributed by atoms with Crippen molar-refractivity contribution in [3.8, 4) is 28.2 Å². The van der Waals surface area contributed by atoms with Crippen LogP contribution in [0.5, 0.6) is 5.75 Å². The number of esters is 1. The number of alkyl halides is 3. The zero-order valence-corrected chi connectivity index (χ0v) is 21.4. The van der Waals surface area contributed by atoms with E-state index in [0.717, 1.165) is 0 Å². The van der Waals surface area contributed by atoms with Gasteiger partial charge in [-0.2, -0.15) is 13.2 Å². The van der Waals surface area contributed by atoms with Crippen molar-refractivity contribution in [1.82, 2.24) is 5.32 Å². The summed E-state index contributed by atoms with van der Waals surface area (Å²) in [7, 11) is 2.82. The molecule has 0 aliphatic carbocycles. The van der Waals surface area contributed by atoms with Crippen molar-refractivity contribution >= 4 is 22.8 Å². The van der Waals surface area contributed by atoms with Gasteiger partial charge in [0.25, 0.3) is 5.91 Å². The van der Waals surface area contributed by atoms with Gasteiger partial charge in [0.05, 0.1) is 19.3 Å². The number of amides is 1. The first kappa shape index (κ1) is 27.7. The van der Waals surface area contributed by atoms with Crippen molar-refractivity contribution in [3.63, 3.8) is 0 Å². The average molecular weight is 544 g/mol. The molecule has 4 rings (SSSR count). The summed E-state index contributed by atoms with van der Waals surface area (Å²) in [5.41, 5.74) is 1.93. The van der Waals surface area contributed by atoms with E-state index in [0.29, 0.717) is 27.6 Å². The highest BCUT2D eigenvalue weighted by atomic mass is 19.4. The molecule has 0 aliphatic heterocycles. The molecule has 1 heterocycles. The fourth-order valence-electron chi connectivity index (χ4n) is 4.34. The van der Waals surface area contributed by atoms with Gasteiger partial charge in [0.15, 0.2) is 0 Å². The number of hydrogen-bond acceptors (Lipinski definition) is 5. The summed E-state index contributed by atoms with van der Waals surface area (Å²) in [6, 6.07) is 13.0. The number of carbonyl (C=O) groups excluding carboxylic acids is 2. The Morgan fingerprint density at radius 1 is 1.00 bits per heavy atom. The molecule has 0 atom stereocenters. The number of methoxy groups -OCH3 is 1. The molecule has 0 spiro atoms. The molecule has 1 N–H and O–H groups in total. The van der Waals surface area contributed by atoms with Crippen LogP contribution in [-0.4, -0.2) is 38.8 Å². The zero-order chi connectivity index (χ0) is 28.3. The van der Waals surface area contributed by atoms with Crippen LogP contribution in [-0.2, 0) is 11.2 Å². The van der Waals surface area contributed by atoms with E-state index in [1.54, 1.807) is 19.1 Å². The fraction of sp³-hybridized carbons (Fsp3) is 0.241. The first-order chi connectivity index (χ1) is 18.6. The van der Waals surface area contributed by atoms with Crippen LogP contribution in [0.25, 0.3) is 33.4 Å². The van der Waals surface area contributed by atoms with Crippen molar-refractivity contribution in [3.05, 3.63) is 77.1 Å². The molecule has 0 unspecified atom stereocenters. The van der Waals surface area contributed by atoms with E-state index < -0.39 is 30.3 Å². The highest BCUT2D eigenvalue weighted by Gasteiger charge is 2.29. The van der Waals surface area contributed by atoms with Gasteiger partial charge in [-0.05, 0) is 78.6 Å². The van der Waals surface area contributed by atoms with Gasteiger partial charge >= 0.3 is 12.1 Å². The Morgan fingerprint density at radius 2 is 1.69 bits per heavy atom. The number of carbonyl (C=O) groups is 2. The molecular weight excluding hydrogens is 518 g/mol. The molecule has 10 heteroatoms. The van der Waals surface area contributed by atoms with Crippen molar-refractivity contribution < 1.29 is 41.0 Å². The first-order valence-corrected chi connectivity index (χ1v) is 12.1. The second-order valence-corrected chi connectivity index (χ2v) is 8.65. The van der Waals surface area contributed by atoms with Crippen LogP contribution in [0.3, 0.4) is 0 Å². The Kier molecular flexibility index (Phi) is 7.94. The summed E-state index contributed by atoms with van der Waals surface area (Å²) in [6.45, 7) is 1.76. The van der Waals surface area contributed by atoms with Crippen LogP contribution in [0.15, 0.2) is 59.0 Å². The highest BCUT2D eigenvalue weighted by molar-refractivity contribution is 6.12. The minimum atomic E-state index is -4.42. The van der Waals surface area contributed by atoms with Crippen LogP contribution >= 0.6 is 0 Å². The van der Waals surface area contributed by atoms with Crippen molar-refractivity contribution in [2.45, 2.75) is 25.9 Å². The number of rotatable bonds is 8. The van der Waals surface area contributed by atoms with Crippen LogP contribution in [0.4, 0.5) is 17.6 Å². The van der Waals surface area contributed by atoms with Gasteiger partial charge in [-0.25, -0.2) is 9.18 Å². The standard InChI is InChI=1S/C29H25F4NO5/c1-4-38-28(36)22-13-17(7-10-23(22)37-3)20-15-21-24(14-18(20)11-12-29(31,32)33)39-26(25(21)27(35)34-2)16-5-8-19(30)9-6-16/h5-10,13-15H,4,11-12H2,1-3H3,(H,34,35). The predicted molar refractivity (Wildman–Crippen MR) is 137 cm³/mol. The Morgan fingerprint density at radius 3 is 2.31 bits per heavy atom. The van der Waals surface area contributed by atoms with Crippen LogP contribution in [0.1, 0.15) is 39.6 Å². The molecule has 0 fully saturated rings. The maximum atomic E-state index is 13.6. The number of benzene rings is 3. The number of nitrogens with one attached hydrogen (secondary N) is 1. The molecule has 0 bridgehead atoms. The lowest BCUT2D eigenvalue weighted by atomic mass is 9.92. The molecule has 204 valence electrons. The number of furan rings is 1. The molecule has 6 nitrogen and oxygen atoms in total. The molecule has 39 heavy (non-hydrogen) atoms. The van der Waals surface area contributed by atoms with Gasteiger partial charge in [0.2, 0.25) is 0 Å². The number of halogens is 4. The van der Waals surface area contributed by atoms with Gasteiger partial charge in [0, 0.05) is 24.4 Å². The fourth-order valence-corrected chi connectivity index (χ4v) is 4.34. The summed E-state index contributed by atoms with van der Waals surface area (Å²) in [4.78, 5) is 25.5. The second kappa shape index (κ2) is 11.2. The van der Waals surface area contributed by atoms with E-state index >= 15 is 0 Å². The van der Waals surface area contributed by atoms with Crippen LogP contribution < -0.4 is 10.1 Å². The van der Waals surface area contributed by atoms with Gasteiger partial charge < -0.3 is 19.2 Å². The molecule has 0 saturated carbocycles. The van der Waals surface area contributed by atoms with E-state index in [1.165, 1.54) is 56.6 Å². The summed E-state index contributed by atoms with van der Waals surface area (Å²) in [5, 5.41) is 2.89. The summed E-state index contributed by atoms with van der Waals surface area (Å²) in [6.07, 6.45) is -5.89. The Balaban J connectivity index is 1.99. The minimum absolute atomic E-state index is 0.101. The molecule has 0 saturated heterocycles. The topological polar surface area (TPSA) is 77.8 Å². The van der Waals surface area contributed by atoms with E-state index in [1.807, 2.05) is 0 Å². The van der Waals surface area contributed by atoms with E-state index in [-0.39, 0.29) is 41.2 Å². The Bertz CT molecular complexity index is 1520. The Labute approximate surface area is 221 Å². The smallest absolute Gasteiger partial charge is 0.389 e. The molecule has 1 aromatic heterocycles. The molecule has 0 aliphatic rings. The second-order valence-electron chi connectivity index (χ2n) is 8.65. The van der Waals surface area contributed by atoms with Gasteiger partial charge in [-0.15, -0.1) is 0 Å². The van der Waals surface area contributed by atoms with E-state index in [9.17, 15) is 27.2 Å². The van der Waals surface area contributed by atoms with Gasteiger partial charge in [-0.1, -0.05) is 6.07 Å². The van der Waals surface area contributed by atoms with Crippen molar-refractivity contribution in [2.75, 3.05) is 20.8 Å². The SMILES string of the molecule is CCOC(=O)c1cc(-c2cc3c(C(=O)NC)c(-c4ccc(F)cc4)oc3cc2CCC(F)(F)F)ccc1OC. The van der Waals surface area contributed by atoms with Gasteiger partial charge in [0.1, 0.15) is 28.5 Å². The predicted octanol–water partition coefficient (Wildman–Crippen LogP) is 6.95. The van der Waals surface area contributed by atoms with Gasteiger partial charge in [-0.3, -0.25) is 4.79 Å². The lowest BCUT2D eigenvalue weighted by Gasteiger charge is -2.14. The molecule has 1 amide bonds. The van der Waals surface area contributed by atoms with E-state index in [2.05, 4.69) is 5.32 Å². The number of hydrogen-bond donors (Lipinski definition) is 1. The number of fused-ring (bicyclic) bond motifs is 1. The Hall–Kier alpha value is -4.34. The first-order valence-electron chi connectivity index (χ1n) is 12.1.